The summed E-state index contributed by atoms with van der Waals surface area (Å²) in [7, 11) is 0. The van der Waals surface area contributed by atoms with Crippen molar-refractivity contribution < 1.29 is 13.9 Å². The number of aryl methyl sites for hydroxylation is 1. The van der Waals surface area contributed by atoms with Gasteiger partial charge in [-0.1, -0.05) is 11.6 Å². The van der Waals surface area contributed by atoms with Crippen LogP contribution in [0.1, 0.15) is 26.5 Å². The van der Waals surface area contributed by atoms with Crippen LogP contribution in [0.15, 0.2) is 16.5 Å². The summed E-state index contributed by atoms with van der Waals surface area (Å²) < 4.78 is 12.6. The van der Waals surface area contributed by atoms with Crippen LogP contribution < -0.4 is 5.73 Å². The Labute approximate surface area is 149 Å². The van der Waals surface area contributed by atoms with Crippen LogP contribution in [-0.4, -0.2) is 25.5 Å². The van der Waals surface area contributed by atoms with E-state index in [1.807, 2.05) is 13.0 Å². The molecule has 0 amide bonds. The zero-order valence-corrected chi connectivity index (χ0v) is 15.1. The Balaban J connectivity index is 2.11. The molecule has 3 rings (SSSR count). The van der Waals surface area contributed by atoms with Crippen LogP contribution in [0.2, 0.25) is 5.15 Å². The zero-order valence-electron chi connectivity index (χ0n) is 14.3. The molecular formula is C16H18ClN5O3. The maximum Gasteiger partial charge on any atom is 0.312 e. The van der Waals surface area contributed by atoms with Gasteiger partial charge in [0.05, 0.1) is 5.41 Å². The van der Waals surface area contributed by atoms with Gasteiger partial charge in [-0.15, -0.1) is 0 Å². The second kappa shape index (κ2) is 6.03. The molecular weight excluding hydrogens is 346 g/mol. The third-order valence-corrected chi connectivity index (χ3v) is 3.73. The number of halogens is 1. The first-order valence-corrected chi connectivity index (χ1v) is 7.98. The van der Waals surface area contributed by atoms with E-state index in [9.17, 15) is 4.79 Å². The highest BCUT2D eigenvalue weighted by atomic mass is 35.5. The summed E-state index contributed by atoms with van der Waals surface area (Å²) in [6, 6.07) is 3.57. The number of nitrogen functional groups attached to an aromatic ring is 1. The summed E-state index contributed by atoms with van der Waals surface area (Å²) in [6.07, 6.45) is 0. The lowest BCUT2D eigenvalue weighted by molar-refractivity contribution is -0.156. The van der Waals surface area contributed by atoms with E-state index < -0.39 is 5.41 Å². The summed E-state index contributed by atoms with van der Waals surface area (Å²) in [4.78, 5) is 24.6. The fourth-order valence-electron chi connectivity index (χ4n) is 2.19. The number of hydrogen-bond donors (Lipinski definition) is 1. The molecule has 3 heterocycles. The molecule has 0 aromatic carbocycles. The van der Waals surface area contributed by atoms with E-state index in [4.69, 9.17) is 26.5 Å². The molecule has 9 heteroatoms. The average molecular weight is 364 g/mol. The predicted molar refractivity (Wildman–Crippen MR) is 92.7 cm³/mol. The number of nitrogens with zero attached hydrogens (tertiary/aromatic N) is 4. The van der Waals surface area contributed by atoms with Gasteiger partial charge < -0.3 is 14.9 Å². The third kappa shape index (κ3) is 3.30. The highest BCUT2D eigenvalue weighted by molar-refractivity contribution is 6.33. The van der Waals surface area contributed by atoms with Crippen LogP contribution in [0.3, 0.4) is 0 Å². The van der Waals surface area contributed by atoms with Crippen molar-refractivity contribution >= 4 is 34.7 Å². The molecule has 8 nitrogen and oxygen atoms in total. The summed E-state index contributed by atoms with van der Waals surface area (Å²) in [5.74, 6) is 1.28. The minimum Gasteiger partial charge on any atom is -0.458 e. The highest BCUT2D eigenvalue weighted by Crippen LogP contribution is 2.29. The molecule has 0 radical (unpaired) electrons. The summed E-state index contributed by atoms with van der Waals surface area (Å²) in [6.45, 7) is 7.04. The van der Waals surface area contributed by atoms with Crippen molar-refractivity contribution in [2.45, 2.75) is 34.4 Å². The number of fused-ring (bicyclic) bond motifs is 1. The molecule has 0 fully saturated rings. The van der Waals surface area contributed by atoms with Crippen LogP contribution >= 0.6 is 11.6 Å². The van der Waals surface area contributed by atoms with E-state index in [1.54, 1.807) is 31.4 Å². The normalized spacial score (nSPS) is 11.9. The van der Waals surface area contributed by atoms with Gasteiger partial charge in [0, 0.05) is 0 Å². The Kier molecular flexibility index (Phi) is 4.16. The van der Waals surface area contributed by atoms with Crippen LogP contribution in [0, 0.1) is 12.3 Å². The summed E-state index contributed by atoms with van der Waals surface area (Å²) >= 11 is 6.13. The lowest BCUT2D eigenvalue weighted by atomic mass is 9.98. The van der Waals surface area contributed by atoms with Gasteiger partial charge in [0.15, 0.2) is 29.1 Å². The van der Waals surface area contributed by atoms with Gasteiger partial charge in [0.2, 0.25) is 5.95 Å². The van der Waals surface area contributed by atoms with Gasteiger partial charge in [-0.2, -0.15) is 9.97 Å². The Morgan fingerprint density at radius 2 is 2.04 bits per heavy atom. The topological polar surface area (TPSA) is 109 Å². The molecule has 3 aromatic heterocycles. The molecule has 0 unspecified atom stereocenters. The Hall–Kier alpha value is -2.61. The van der Waals surface area contributed by atoms with Crippen molar-refractivity contribution in [2.75, 3.05) is 5.73 Å². The van der Waals surface area contributed by atoms with E-state index in [1.165, 1.54) is 0 Å². The number of imidazole rings is 1. The molecule has 2 N–H and O–H groups in total. The van der Waals surface area contributed by atoms with E-state index >= 15 is 0 Å². The maximum absolute atomic E-state index is 12.1. The highest BCUT2D eigenvalue weighted by Gasteiger charge is 2.25. The number of anilines is 1. The Bertz CT molecular complexity index is 955. The minimum absolute atomic E-state index is 0.00275. The van der Waals surface area contributed by atoms with Gasteiger partial charge in [-0.3, -0.25) is 9.36 Å². The second-order valence-corrected chi connectivity index (χ2v) is 6.99. The summed E-state index contributed by atoms with van der Waals surface area (Å²) in [5.41, 5.74) is 5.77. The van der Waals surface area contributed by atoms with Gasteiger partial charge in [-0.05, 0) is 39.8 Å². The van der Waals surface area contributed by atoms with Gasteiger partial charge in [0.25, 0.3) is 0 Å². The molecule has 0 aliphatic rings. The van der Waals surface area contributed by atoms with Gasteiger partial charge in [-0.25, -0.2) is 4.98 Å². The minimum atomic E-state index is -0.635. The molecule has 0 bridgehead atoms. The van der Waals surface area contributed by atoms with Crippen LogP contribution in [-0.2, 0) is 16.3 Å². The molecule has 0 atom stereocenters. The lowest BCUT2D eigenvalue weighted by Crippen LogP contribution is -2.24. The van der Waals surface area contributed by atoms with E-state index in [0.717, 1.165) is 5.76 Å². The zero-order chi connectivity index (χ0) is 18.4. The molecule has 0 aliphatic carbocycles. The standard InChI is InChI=1S/C16H18ClN5O3/c1-8-5-6-9(25-8)12-19-10-11(17)20-15(18)21-13(10)22(12)7-24-14(23)16(2,3)4/h5-6H,7H2,1-4H3,(H2,18,20,21). The SMILES string of the molecule is Cc1ccc(-c2nc3c(Cl)nc(N)nc3n2COC(=O)C(C)(C)C)o1. The Morgan fingerprint density at radius 3 is 2.64 bits per heavy atom. The first-order chi connectivity index (χ1) is 11.7. The molecule has 3 aromatic rings. The fourth-order valence-corrected chi connectivity index (χ4v) is 2.40. The van der Waals surface area contributed by atoms with Crippen LogP contribution in [0.4, 0.5) is 5.95 Å². The first kappa shape index (κ1) is 17.2. The third-order valence-electron chi connectivity index (χ3n) is 3.47. The van der Waals surface area contributed by atoms with Crippen molar-refractivity contribution in [1.29, 1.82) is 0 Å². The monoisotopic (exact) mass is 363 g/mol. The van der Waals surface area contributed by atoms with Crippen molar-refractivity contribution in [2.24, 2.45) is 5.41 Å². The number of hydrogen-bond acceptors (Lipinski definition) is 7. The van der Waals surface area contributed by atoms with Crippen molar-refractivity contribution in [1.82, 2.24) is 19.5 Å². The number of esters is 1. The number of carbonyl (C=O) groups is 1. The van der Waals surface area contributed by atoms with E-state index in [2.05, 4.69) is 15.0 Å². The fraction of sp³-hybridized carbons (Fsp3) is 0.375. The predicted octanol–water partition coefficient (Wildman–Crippen LogP) is 3.18. The number of carbonyl (C=O) groups excluding carboxylic acids is 1. The smallest absolute Gasteiger partial charge is 0.312 e. The molecule has 0 saturated heterocycles. The molecule has 0 saturated carbocycles. The average Bonchev–Trinajstić information content (AvgIpc) is 3.07. The summed E-state index contributed by atoms with van der Waals surface area (Å²) in [5, 5.41) is 0.118. The molecule has 132 valence electrons. The molecule has 0 spiro atoms. The maximum atomic E-state index is 12.1. The number of nitrogens with two attached hydrogens (primary N) is 1. The van der Waals surface area contributed by atoms with Crippen molar-refractivity contribution in [3.05, 3.63) is 23.0 Å². The second-order valence-electron chi connectivity index (χ2n) is 6.63. The largest absolute Gasteiger partial charge is 0.458 e. The van der Waals surface area contributed by atoms with E-state index in [-0.39, 0.29) is 23.8 Å². The van der Waals surface area contributed by atoms with Crippen molar-refractivity contribution in [3.8, 4) is 11.6 Å². The quantitative estimate of drug-likeness (QED) is 0.562. The molecule has 25 heavy (non-hydrogen) atoms. The van der Waals surface area contributed by atoms with Gasteiger partial charge >= 0.3 is 5.97 Å². The number of rotatable bonds is 3. The Morgan fingerprint density at radius 1 is 1.32 bits per heavy atom. The van der Waals surface area contributed by atoms with Crippen LogP contribution in [0.25, 0.3) is 22.7 Å². The lowest BCUT2D eigenvalue weighted by Gasteiger charge is -2.17. The number of furan rings is 1. The van der Waals surface area contributed by atoms with Crippen molar-refractivity contribution in [3.63, 3.8) is 0 Å². The molecule has 0 aliphatic heterocycles. The van der Waals surface area contributed by atoms with Gasteiger partial charge in [0.1, 0.15) is 11.3 Å². The van der Waals surface area contributed by atoms with E-state index in [0.29, 0.717) is 22.7 Å². The number of ether oxygens (including phenoxy) is 1. The number of aromatic nitrogens is 4. The van der Waals surface area contributed by atoms with Crippen LogP contribution in [0.5, 0.6) is 0 Å². The first-order valence-electron chi connectivity index (χ1n) is 7.60.